The lowest BCUT2D eigenvalue weighted by Crippen LogP contribution is -2.42. The van der Waals surface area contributed by atoms with E-state index < -0.39 is 0 Å². The number of nitrogens with one attached hydrogen (secondary N) is 2. The Kier molecular flexibility index (Phi) is 4.06. The van der Waals surface area contributed by atoms with Crippen LogP contribution in [-0.2, 0) is 0 Å². The average Bonchev–Trinajstić information content (AvgIpc) is 2.87. The van der Waals surface area contributed by atoms with E-state index >= 15 is 0 Å². The van der Waals surface area contributed by atoms with Crippen LogP contribution in [0.4, 0.5) is 0 Å². The van der Waals surface area contributed by atoms with Crippen molar-refractivity contribution in [3.63, 3.8) is 0 Å². The van der Waals surface area contributed by atoms with E-state index in [-0.39, 0.29) is 0 Å². The molecule has 106 valence electrons. The number of aliphatic imine (C=N–C) groups is 1. The van der Waals surface area contributed by atoms with Crippen molar-refractivity contribution in [1.82, 2.24) is 15.8 Å². The van der Waals surface area contributed by atoms with Gasteiger partial charge in [0.25, 0.3) is 0 Å². The number of rotatable bonds is 3. The van der Waals surface area contributed by atoms with Gasteiger partial charge in [0.1, 0.15) is 11.7 Å². The van der Waals surface area contributed by atoms with E-state index in [1.807, 2.05) is 0 Å². The summed E-state index contributed by atoms with van der Waals surface area (Å²) in [6, 6.07) is 0. The number of piperidine rings is 1. The summed E-state index contributed by atoms with van der Waals surface area (Å²) in [5.74, 6) is 3.41. The normalized spacial score (nSPS) is 26.9. The standard InChI is InChI=1S/C15H26N4/c1-12-16-15(18-17-12)14-7-9-19(10-8-14)11-13-5-3-2-4-6-13/h13-14,17H,1-11H2,(H,16,18). The molecule has 0 amide bonds. The number of hydrogen-bond acceptors (Lipinski definition) is 4. The van der Waals surface area contributed by atoms with Gasteiger partial charge in [0, 0.05) is 12.5 Å². The minimum Gasteiger partial charge on any atom is -0.303 e. The highest BCUT2D eigenvalue weighted by Gasteiger charge is 2.27. The number of likely N-dealkylation sites (tertiary alicyclic amines) is 1. The highest BCUT2D eigenvalue weighted by molar-refractivity contribution is 5.86. The van der Waals surface area contributed by atoms with Crippen molar-refractivity contribution in [1.29, 1.82) is 0 Å². The molecule has 1 saturated carbocycles. The first-order valence-electron chi connectivity index (χ1n) is 7.83. The highest BCUT2D eigenvalue weighted by atomic mass is 15.5. The van der Waals surface area contributed by atoms with E-state index in [9.17, 15) is 0 Å². The first kappa shape index (κ1) is 13.0. The van der Waals surface area contributed by atoms with Gasteiger partial charge in [-0.2, -0.15) is 0 Å². The van der Waals surface area contributed by atoms with Crippen molar-refractivity contribution >= 4 is 5.84 Å². The Hall–Kier alpha value is -1.03. The first-order chi connectivity index (χ1) is 9.31. The molecule has 4 nitrogen and oxygen atoms in total. The molecule has 0 aromatic heterocycles. The zero-order valence-corrected chi connectivity index (χ0v) is 11.8. The zero-order valence-electron chi connectivity index (χ0n) is 11.8. The van der Waals surface area contributed by atoms with Crippen LogP contribution in [-0.4, -0.2) is 30.4 Å². The fourth-order valence-electron chi connectivity index (χ4n) is 3.65. The van der Waals surface area contributed by atoms with Gasteiger partial charge in [0.2, 0.25) is 0 Å². The predicted molar refractivity (Wildman–Crippen MR) is 78.6 cm³/mol. The minimum atomic E-state index is 0.592. The maximum absolute atomic E-state index is 4.43. The van der Waals surface area contributed by atoms with Crippen LogP contribution < -0.4 is 10.9 Å². The third kappa shape index (κ3) is 3.30. The summed E-state index contributed by atoms with van der Waals surface area (Å²) in [5.41, 5.74) is 6.14. The molecule has 0 bridgehead atoms. The number of hydrogen-bond donors (Lipinski definition) is 2. The lowest BCUT2D eigenvalue weighted by atomic mass is 9.88. The molecular formula is C15H26N4. The van der Waals surface area contributed by atoms with Gasteiger partial charge in [-0.25, -0.2) is 4.99 Å². The van der Waals surface area contributed by atoms with E-state index in [0.29, 0.717) is 5.92 Å². The fraction of sp³-hybridized carbons (Fsp3) is 0.800. The summed E-state index contributed by atoms with van der Waals surface area (Å²) in [7, 11) is 0. The summed E-state index contributed by atoms with van der Waals surface area (Å²) in [6.45, 7) is 7.61. The summed E-state index contributed by atoms with van der Waals surface area (Å²) in [5, 5.41) is 0. The zero-order chi connectivity index (χ0) is 13.1. The molecule has 2 heterocycles. The summed E-state index contributed by atoms with van der Waals surface area (Å²) in [4.78, 5) is 7.11. The first-order valence-corrected chi connectivity index (χ1v) is 7.83. The smallest absolute Gasteiger partial charge is 0.139 e. The number of amidine groups is 1. The SMILES string of the molecule is C=C1N=C(C2CCN(CC3CCCCC3)CC2)NN1. The Morgan fingerprint density at radius 2 is 1.79 bits per heavy atom. The predicted octanol–water partition coefficient (Wildman–Crippen LogP) is 2.26. The maximum atomic E-state index is 4.43. The van der Waals surface area contributed by atoms with E-state index in [4.69, 9.17) is 0 Å². The van der Waals surface area contributed by atoms with Gasteiger partial charge in [0.05, 0.1) is 0 Å². The van der Waals surface area contributed by atoms with Crippen molar-refractivity contribution in [2.75, 3.05) is 19.6 Å². The van der Waals surface area contributed by atoms with Crippen LogP contribution in [0.1, 0.15) is 44.9 Å². The van der Waals surface area contributed by atoms with Crippen molar-refractivity contribution < 1.29 is 0 Å². The molecule has 1 saturated heterocycles. The van der Waals surface area contributed by atoms with Crippen molar-refractivity contribution in [3.8, 4) is 0 Å². The van der Waals surface area contributed by atoms with Gasteiger partial charge < -0.3 is 4.90 Å². The summed E-state index contributed by atoms with van der Waals surface area (Å²) in [6.07, 6.45) is 9.74. The second kappa shape index (κ2) is 5.95. The van der Waals surface area contributed by atoms with Gasteiger partial charge in [-0.3, -0.25) is 10.9 Å². The Morgan fingerprint density at radius 3 is 2.42 bits per heavy atom. The van der Waals surface area contributed by atoms with Crippen molar-refractivity contribution in [2.45, 2.75) is 44.9 Å². The Bertz CT molecular complexity index is 349. The molecule has 0 unspecified atom stereocenters. The third-order valence-corrected chi connectivity index (χ3v) is 4.81. The molecule has 3 rings (SSSR count). The van der Waals surface area contributed by atoms with Crippen LogP contribution in [0.15, 0.2) is 17.4 Å². The lowest BCUT2D eigenvalue weighted by Gasteiger charge is -2.35. The highest BCUT2D eigenvalue weighted by Crippen LogP contribution is 2.26. The quantitative estimate of drug-likeness (QED) is 0.819. The molecule has 2 fully saturated rings. The Labute approximate surface area is 116 Å². The van der Waals surface area contributed by atoms with Crippen LogP contribution in [0.2, 0.25) is 0 Å². The topological polar surface area (TPSA) is 39.7 Å². The number of nitrogens with zero attached hydrogens (tertiary/aromatic N) is 2. The van der Waals surface area contributed by atoms with Gasteiger partial charge >= 0.3 is 0 Å². The molecule has 1 aliphatic carbocycles. The molecule has 0 radical (unpaired) electrons. The van der Waals surface area contributed by atoms with Gasteiger partial charge in [-0.15, -0.1) is 0 Å². The molecule has 0 aromatic rings. The van der Waals surface area contributed by atoms with Crippen LogP contribution in [0.3, 0.4) is 0 Å². The molecule has 19 heavy (non-hydrogen) atoms. The molecule has 0 atom stereocenters. The lowest BCUT2D eigenvalue weighted by molar-refractivity contribution is 0.161. The van der Waals surface area contributed by atoms with Crippen molar-refractivity contribution in [2.24, 2.45) is 16.8 Å². The molecule has 4 heteroatoms. The summed E-state index contributed by atoms with van der Waals surface area (Å²) >= 11 is 0. The van der Waals surface area contributed by atoms with Crippen LogP contribution >= 0.6 is 0 Å². The van der Waals surface area contributed by atoms with E-state index in [2.05, 4.69) is 27.3 Å². The fourth-order valence-corrected chi connectivity index (χ4v) is 3.65. The van der Waals surface area contributed by atoms with E-state index in [1.54, 1.807) is 0 Å². The van der Waals surface area contributed by atoms with Gasteiger partial charge in [-0.1, -0.05) is 25.8 Å². The van der Waals surface area contributed by atoms with Crippen LogP contribution in [0, 0.1) is 11.8 Å². The van der Waals surface area contributed by atoms with E-state index in [1.165, 1.54) is 64.6 Å². The van der Waals surface area contributed by atoms with Crippen molar-refractivity contribution in [3.05, 3.63) is 12.4 Å². The minimum absolute atomic E-state index is 0.592. The summed E-state index contributed by atoms with van der Waals surface area (Å²) < 4.78 is 0. The molecule has 2 aliphatic heterocycles. The second-order valence-electron chi connectivity index (χ2n) is 6.27. The molecular weight excluding hydrogens is 236 g/mol. The largest absolute Gasteiger partial charge is 0.303 e. The monoisotopic (exact) mass is 262 g/mol. The Morgan fingerprint density at radius 1 is 1.05 bits per heavy atom. The average molecular weight is 262 g/mol. The second-order valence-corrected chi connectivity index (χ2v) is 6.27. The molecule has 2 N–H and O–H groups in total. The third-order valence-electron chi connectivity index (χ3n) is 4.81. The van der Waals surface area contributed by atoms with Gasteiger partial charge in [-0.05, 0) is 44.7 Å². The molecule has 0 spiro atoms. The Balaban J connectivity index is 1.44. The van der Waals surface area contributed by atoms with E-state index in [0.717, 1.165) is 17.6 Å². The maximum Gasteiger partial charge on any atom is 0.139 e. The van der Waals surface area contributed by atoms with Gasteiger partial charge in [0.15, 0.2) is 0 Å². The van der Waals surface area contributed by atoms with Crippen LogP contribution in [0.25, 0.3) is 0 Å². The number of hydrazine groups is 1. The molecule has 3 aliphatic rings. The van der Waals surface area contributed by atoms with Crippen LogP contribution in [0.5, 0.6) is 0 Å². The molecule has 0 aromatic carbocycles.